The topological polar surface area (TPSA) is 66.5 Å². The van der Waals surface area contributed by atoms with Gasteiger partial charge in [0.2, 0.25) is 0 Å². The summed E-state index contributed by atoms with van der Waals surface area (Å²) in [5, 5.41) is 12.0. The molecule has 2 heterocycles. The largest absolute Gasteiger partial charge is 0.373 e. The van der Waals surface area contributed by atoms with Crippen molar-refractivity contribution in [1.29, 1.82) is 5.26 Å². The highest BCUT2D eigenvalue weighted by molar-refractivity contribution is 5.76. The number of imidazole rings is 1. The van der Waals surface area contributed by atoms with Gasteiger partial charge in [0.25, 0.3) is 0 Å². The number of benzene rings is 1. The third-order valence-electron chi connectivity index (χ3n) is 3.39. The SMILES string of the molecule is CNc1cc(Cn2c(CC#N)nc3ccccc32)ccn1. The zero-order valence-corrected chi connectivity index (χ0v) is 11.7. The van der Waals surface area contributed by atoms with E-state index in [0.717, 1.165) is 28.2 Å². The van der Waals surface area contributed by atoms with E-state index in [1.54, 1.807) is 6.20 Å². The van der Waals surface area contributed by atoms with Gasteiger partial charge in [0.05, 0.1) is 23.5 Å². The highest BCUT2D eigenvalue weighted by Gasteiger charge is 2.10. The Morgan fingerprint density at radius 3 is 2.95 bits per heavy atom. The number of rotatable bonds is 4. The molecule has 0 fully saturated rings. The molecule has 3 aromatic rings. The van der Waals surface area contributed by atoms with Crippen molar-refractivity contribution >= 4 is 16.9 Å². The van der Waals surface area contributed by atoms with Crippen LogP contribution in [0, 0.1) is 11.3 Å². The van der Waals surface area contributed by atoms with Crippen LogP contribution in [0.4, 0.5) is 5.82 Å². The summed E-state index contributed by atoms with van der Waals surface area (Å²) in [4.78, 5) is 8.77. The molecular weight excluding hydrogens is 262 g/mol. The Hall–Kier alpha value is -2.87. The van der Waals surface area contributed by atoms with Crippen LogP contribution >= 0.6 is 0 Å². The molecule has 5 heteroatoms. The molecule has 3 rings (SSSR count). The lowest BCUT2D eigenvalue weighted by molar-refractivity contribution is 0.768. The van der Waals surface area contributed by atoms with E-state index in [-0.39, 0.29) is 0 Å². The summed E-state index contributed by atoms with van der Waals surface area (Å²) >= 11 is 0. The first-order valence-corrected chi connectivity index (χ1v) is 6.75. The van der Waals surface area contributed by atoms with E-state index in [9.17, 15) is 0 Å². The molecular formula is C16H15N5. The monoisotopic (exact) mass is 277 g/mol. The lowest BCUT2D eigenvalue weighted by Gasteiger charge is -2.09. The average Bonchev–Trinajstić information content (AvgIpc) is 2.86. The van der Waals surface area contributed by atoms with Gasteiger partial charge in [0, 0.05) is 19.8 Å². The number of pyridine rings is 1. The molecule has 1 N–H and O–H groups in total. The smallest absolute Gasteiger partial charge is 0.125 e. The van der Waals surface area contributed by atoms with Crippen molar-refractivity contribution in [2.24, 2.45) is 0 Å². The second kappa shape index (κ2) is 5.63. The molecule has 0 radical (unpaired) electrons. The van der Waals surface area contributed by atoms with Gasteiger partial charge in [0.15, 0.2) is 0 Å². The van der Waals surface area contributed by atoms with Crippen LogP contribution in [-0.4, -0.2) is 21.6 Å². The fourth-order valence-corrected chi connectivity index (χ4v) is 2.40. The molecule has 0 aliphatic heterocycles. The van der Waals surface area contributed by atoms with Gasteiger partial charge in [-0.15, -0.1) is 0 Å². The maximum absolute atomic E-state index is 8.99. The van der Waals surface area contributed by atoms with Crippen LogP contribution in [0.25, 0.3) is 11.0 Å². The average molecular weight is 277 g/mol. The highest BCUT2D eigenvalue weighted by Crippen LogP contribution is 2.19. The van der Waals surface area contributed by atoms with Crippen molar-refractivity contribution in [2.75, 3.05) is 12.4 Å². The minimum Gasteiger partial charge on any atom is -0.373 e. The first-order chi connectivity index (χ1) is 10.3. The van der Waals surface area contributed by atoms with Crippen LogP contribution in [0.3, 0.4) is 0 Å². The zero-order valence-electron chi connectivity index (χ0n) is 11.7. The third kappa shape index (κ3) is 2.56. The van der Waals surface area contributed by atoms with Gasteiger partial charge >= 0.3 is 0 Å². The van der Waals surface area contributed by atoms with E-state index in [1.165, 1.54) is 0 Å². The number of nitrogens with zero attached hydrogens (tertiary/aromatic N) is 4. The minimum atomic E-state index is 0.304. The van der Waals surface area contributed by atoms with Gasteiger partial charge in [-0.2, -0.15) is 5.26 Å². The van der Waals surface area contributed by atoms with Crippen molar-refractivity contribution in [3.05, 3.63) is 54.0 Å². The Morgan fingerprint density at radius 1 is 1.29 bits per heavy atom. The number of hydrogen-bond donors (Lipinski definition) is 1. The van der Waals surface area contributed by atoms with Crippen molar-refractivity contribution in [1.82, 2.24) is 14.5 Å². The second-order valence-electron chi connectivity index (χ2n) is 4.74. The molecule has 2 aromatic heterocycles. The van der Waals surface area contributed by atoms with Crippen molar-refractivity contribution in [3.8, 4) is 6.07 Å². The van der Waals surface area contributed by atoms with Crippen LogP contribution in [-0.2, 0) is 13.0 Å². The fraction of sp³-hybridized carbons (Fsp3) is 0.188. The number of fused-ring (bicyclic) bond motifs is 1. The predicted molar refractivity (Wildman–Crippen MR) is 81.9 cm³/mol. The van der Waals surface area contributed by atoms with Gasteiger partial charge in [-0.05, 0) is 29.8 Å². The molecule has 0 bridgehead atoms. The molecule has 0 aliphatic carbocycles. The highest BCUT2D eigenvalue weighted by atomic mass is 15.1. The number of nitriles is 1. The number of para-hydroxylation sites is 2. The van der Waals surface area contributed by atoms with Crippen molar-refractivity contribution in [2.45, 2.75) is 13.0 Å². The summed E-state index contributed by atoms with van der Waals surface area (Å²) in [6.07, 6.45) is 2.09. The molecule has 0 unspecified atom stereocenters. The summed E-state index contributed by atoms with van der Waals surface area (Å²) in [5.41, 5.74) is 3.09. The summed E-state index contributed by atoms with van der Waals surface area (Å²) in [6.45, 7) is 0.675. The molecule has 0 saturated heterocycles. The summed E-state index contributed by atoms with van der Waals surface area (Å²) in [7, 11) is 1.85. The number of nitrogens with one attached hydrogen (secondary N) is 1. The lowest BCUT2D eigenvalue weighted by atomic mass is 10.2. The fourth-order valence-electron chi connectivity index (χ4n) is 2.40. The molecule has 104 valence electrons. The Morgan fingerprint density at radius 2 is 2.14 bits per heavy atom. The molecule has 21 heavy (non-hydrogen) atoms. The number of aromatic nitrogens is 3. The van der Waals surface area contributed by atoms with Gasteiger partial charge in [-0.25, -0.2) is 9.97 Å². The normalized spacial score (nSPS) is 10.5. The standard InChI is InChI=1S/C16H15N5/c1-18-15-10-12(7-9-19-15)11-21-14-5-3-2-4-13(14)20-16(21)6-8-17/h2-5,7,9-10H,6,11H2,1H3,(H,18,19). The predicted octanol–water partition coefficient (Wildman–Crippen LogP) is 2.59. The van der Waals surface area contributed by atoms with E-state index in [4.69, 9.17) is 5.26 Å². The van der Waals surface area contributed by atoms with E-state index >= 15 is 0 Å². The molecule has 0 spiro atoms. The maximum atomic E-state index is 8.99. The molecule has 5 nitrogen and oxygen atoms in total. The minimum absolute atomic E-state index is 0.304. The molecule has 1 aromatic carbocycles. The van der Waals surface area contributed by atoms with E-state index in [0.29, 0.717) is 13.0 Å². The van der Waals surface area contributed by atoms with E-state index < -0.39 is 0 Å². The Bertz CT molecular complexity index is 813. The maximum Gasteiger partial charge on any atom is 0.125 e. The number of hydrogen-bond acceptors (Lipinski definition) is 4. The van der Waals surface area contributed by atoms with Gasteiger partial charge < -0.3 is 9.88 Å². The first-order valence-electron chi connectivity index (χ1n) is 6.75. The Labute approximate surface area is 122 Å². The van der Waals surface area contributed by atoms with Crippen LogP contribution in [0.5, 0.6) is 0 Å². The summed E-state index contributed by atoms with van der Waals surface area (Å²) in [6, 6.07) is 14.1. The van der Waals surface area contributed by atoms with Crippen LogP contribution < -0.4 is 5.32 Å². The molecule has 0 amide bonds. The number of anilines is 1. The van der Waals surface area contributed by atoms with E-state index in [2.05, 4.69) is 25.9 Å². The van der Waals surface area contributed by atoms with Gasteiger partial charge in [-0.3, -0.25) is 0 Å². The zero-order chi connectivity index (χ0) is 14.7. The van der Waals surface area contributed by atoms with Crippen LogP contribution in [0.2, 0.25) is 0 Å². The molecule has 0 saturated carbocycles. The lowest BCUT2D eigenvalue weighted by Crippen LogP contribution is -2.05. The van der Waals surface area contributed by atoms with Gasteiger partial charge in [-0.1, -0.05) is 12.1 Å². The van der Waals surface area contributed by atoms with Crippen LogP contribution in [0.1, 0.15) is 11.4 Å². The Kier molecular flexibility index (Phi) is 3.52. The second-order valence-corrected chi connectivity index (χ2v) is 4.74. The Balaban J connectivity index is 2.06. The summed E-state index contributed by atoms with van der Waals surface area (Å²) < 4.78 is 2.09. The van der Waals surface area contributed by atoms with Crippen molar-refractivity contribution in [3.63, 3.8) is 0 Å². The third-order valence-corrected chi connectivity index (χ3v) is 3.39. The van der Waals surface area contributed by atoms with Crippen LogP contribution in [0.15, 0.2) is 42.6 Å². The van der Waals surface area contributed by atoms with E-state index in [1.807, 2.05) is 43.4 Å². The summed E-state index contributed by atoms with van der Waals surface area (Å²) in [5.74, 6) is 1.63. The first kappa shape index (κ1) is 13.1. The molecule has 0 aliphatic rings. The molecule has 0 atom stereocenters. The van der Waals surface area contributed by atoms with Crippen molar-refractivity contribution < 1.29 is 0 Å². The van der Waals surface area contributed by atoms with Gasteiger partial charge in [0.1, 0.15) is 11.6 Å². The quantitative estimate of drug-likeness (QED) is 0.796.